The van der Waals surface area contributed by atoms with Crippen LogP contribution in [0.2, 0.25) is 0 Å². The molecule has 0 aliphatic carbocycles. The van der Waals surface area contributed by atoms with Crippen LogP contribution in [-0.2, 0) is 4.79 Å². The van der Waals surface area contributed by atoms with Crippen LogP contribution in [0.4, 0.5) is 0 Å². The molecule has 70 valence electrons. The van der Waals surface area contributed by atoms with Crippen LogP contribution in [0.25, 0.3) is 0 Å². The van der Waals surface area contributed by atoms with Crippen LogP contribution in [-0.4, -0.2) is 12.4 Å². The van der Waals surface area contributed by atoms with Crippen molar-refractivity contribution in [2.75, 3.05) is 0 Å². The molecule has 0 aromatic heterocycles. The predicted molar refractivity (Wildman–Crippen MR) is 52.0 cm³/mol. The molecule has 1 atom stereocenters. The second-order valence-electron chi connectivity index (χ2n) is 3.02. The second-order valence-corrected chi connectivity index (χ2v) is 3.02. The maximum absolute atomic E-state index is 10.5. The number of hydrogen-bond acceptors (Lipinski definition) is 2. The molecule has 1 aromatic rings. The number of rotatable bonds is 4. The van der Waals surface area contributed by atoms with Gasteiger partial charge in [-0.05, 0) is 31.0 Å². The zero-order chi connectivity index (χ0) is 9.68. The minimum absolute atomic E-state index is 0.318. The van der Waals surface area contributed by atoms with Crippen LogP contribution in [0.3, 0.4) is 0 Å². The van der Waals surface area contributed by atoms with Crippen LogP contribution >= 0.6 is 0 Å². The van der Waals surface area contributed by atoms with E-state index >= 15 is 0 Å². The lowest BCUT2D eigenvalue weighted by Crippen LogP contribution is -2.16. The van der Waals surface area contributed by atoms with Crippen LogP contribution in [0, 0.1) is 6.92 Å². The zero-order valence-corrected chi connectivity index (χ0v) is 7.99. The molecule has 0 amide bonds. The van der Waals surface area contributed by atoms with E-state index in [0.29, 0.717) is 6.42 Å². The highest BCUT2D eigenvalue weighted by molar-refractivity contribution is 5.56. The van der Waals surface area contributed by atoms with Crippen molar-refractivity contribution in [1.82, 2.24) is 0 Å². The third-order valence-electron chi connectivity index (χ3n) is 1.83. The van der Waals surface area contributed by atoms with Gasteiger partial charge >= 0.3 is 0 Å². The maximum Gasteiger partial charge on any atom is 0.160 e. The van der Waals surface area contributed by atoms with Gasteiger partial charge in [0, 0.05) is 0 Å². The molecule has 0 aliphatic rings. The molecular weight excluding hydrogens is 164 g/mol. The van der Waals surface area contributed by atoms with Gasteiger partial charge in [-0.15, -0.1) is 0 Å². The van der Waals surface area contributed by atoms with E-state index in [4.69, 9.17) is 4.74 Å². The van der Waals surface area contributed by atoms with E-state index < -0.39 is 0 Å². The number of ether oxygens (including phenoxy) is 1. The fraction of sp³-hybridized carbons (Fsp3) is 0.364. The summed E-state index contributed by atoms with van der Waals surface area (Å²) in [6.45, 7) is 3.92. The van der Waals surface area contributed by atoms with Crippen molar-refractivity contribution in [3.05, 3.63) is 29.8 Å². The van der Waals surface area contributed by atoms with E-state index in [-0.39, 0.29) is 6.10 Å². The summed E-state index contributed by atoms with van der Waals surface area (Å²) in [4.78, 5) is 10.5. The summed E-state index contributed by atoms with van der Waals surface area (Å²) in [5.74, 6) is 0.763. The lowest BCUT2D eigenvalue weighted by atomic mass is 10.2. The molecule has 2 heteroatoms. The standard InChI is InChI=1S/C11H14O2/c1-3-10(8-12)13-11-6-4-5-9(2)7-11/h4-8,10H,3H2,1-2H3. The quantitative estimate of drug-likeness (QED) is 0.661. The Hall–Kier alpha value is -1.31. The molecule has 1 aromatic carbocycles. The Morgan fingerprint density at radius 3 is 2.85 bits per heavy atom. The molecule has 0 bridgehead atoms. The predicted octanol–water partition coefficient (Wildman–Crippen LogP) is 2.35. The van der Waals surface area contributed by atoms with Crippen molar-refractivity contribution in [2.45, 2.75) is 26.4 Å². The fourth-order valence-corrected chi connectivity index (χ4v) is 1.07. The Bertz CT molecular complexity index is 281. The van der Waals surface area contributed by atoms with Gasteiger partial charge in [0.2, 0.25) is 0 Å². The van der Waals surface area contributed by atoms with Crippen molar-refractivity contribution < 1.29 is 9.53 Å². The van der Waals surface area contributed by atoms with E-state index in [1.165, 1.54) is 0 Å². The lowest BCUT2D eigenvalue weighted by molar-refractivity contribution is -0.113. The molecule has 13 heavy (non-hydrogen) atoms. The zero-order valence-electron chi connectivity index (χ0n) is 7.99. The van der Waals surface area contributed by atoms with E-state index in [9.17, 15) is 4.79 Å². The van der Waals surface area contributed by atoms with E-state index in [1.54, 1.807) is 0 Å². The number of aldehydes is 1. The fourth-order valence-electron chi connectivity index (χ4n) is 1.07. The summed E-state index contributed by atoms with van der Waals surface area (Å²) in [6.07, 6.45) is 1.22. The summed E-state index contributed by atoms with van der Waals surface area (Å²) in [6, 6.07) is 7.70. The highest BCUT2D eigenvalue weighted by Gasteiger charge is 2.04. The monoisotopic (exact) mass is 178 g/mol. The number of aryl methyl sites for hydroxylation is 1. The Morgan fingerprint density at radius 2 is 2.31 bits per heavy atom. The molecule has 2 nitrogen and oxygen atoms in total. The van der Waals surface area contributed by atoms with Crippen LogP contribution in [0.1, 0.15) is 18.9 Å². The molecule has 1 unspecified atom stereocenters. The normalized spacial score (nSPS) is 12.2. The van der Waals surface area contributed by atoms with Crippen molar-refractivity contribution >= 4 is 6.29 Å². The Kier molecular flexibility index (Phi) is 3.50. The first-order valence-corrected chi connectivity index (χ1v) is 4.45. The van der Waals surface area contributed by atoms with Gasteiger partial charge in [0.1, 0.15) is 5.75 Å². The summed E-state index contributed by atoms with van der Waals surface area (Å²) >= 11 is 0. The molecule has 0 spiro atoms. The number of carbonyl (C=O) groups excluding carboxylic acids is 1. The first-order valence-electron chi connectivity index (χ1n) is 4.45. The molecular formula is C11H14O2. The van der Waals surface area contributed by atoms with Crippen molar-refractivity contribution in [3.63, 3.8) is 0 Å². The van der Waals surface area contributed by atoms with E-state index in [2.05, 4.69) is 0 Å². The first kappa shape index (κ1) is 9.78. The van der Waals surface area contributed by atoms with Crippen molar-refractivity contribution in [3.8, 4) is 5.75 Å². The lowest BCUT2D eigenvalue weighted by Gasteiger charge is -2.11. The molecule has 0 heterocycles. The Morgan fingerprint density at radius 1 is 1.54 bits per heavy atom. The summed E-state index contributed by atoms with van der Waals surface area (Å²) in [5.41, 5.74) is 1.14. The molecule has 0 aliphatic heterocycles. The molecule has 0 fully saturated rings. The van der Waals surface area contributed by atoms with Gasteiger partial charge in [0.05, 0.1) is 0 Å². The largest absolute Gasteiger partial charge is 0.483 e. The minimum atomic E-state index is -0.318. The second kappa shape index (κ2) is 4.65. The van der Waals surface area contributed by atoms with Crippen molar-refractivity contribution in [2.24, 2.45) is 0 Å². The number of benzene rings is 1. The van der Waals surface area contributed by atoms with Crippen molar-refractivity contribution in [1.29, 1.82) is 0 Å². The Labute approximate surface area is 78.5 Å². The third-order valence-corrected chi connectivity index (χ3v) is 1.83. The van der Waals surface area contributed by atoms with Gasteiger partial charge in [0.25, 0.3) is 0 Å². The average Bonchev–Trinajstić information content (AvgIpc) is 2.14. The van der Waals surface area contributed by atoms with Gasteiger partial charge < -0.3 is 4.74 Å². The minimum Gasteiger partial charge on any atom is -0.483 e. The summed E-state index contributed by atoms with van der Waals surface area (Å²) < 4.78 is 5.43. The third kappa shape index (κ3) is 2.90. The Balaban J connectivity index is 2.67. The van der Waals surface area contributed by atoms with Crippen LogP contribution < -0.4 is 4.74 Å². The SMILES string of the molecule is CCC(C=O)Oc1cccc(C)c1. The number of hydrogen-bond donors (Lipinski definition) is 0. The highest BCUT2D eigenvalue weighted by Crippen LogP contribution is 2.14. The van der Waals surface area contributed by atoms with E-state index in [1.807, 2.05) is 38.1 Å². The van der Waals surface area contributed by atoms with Gasteiger partial charge in [-0.1, -0.05) is 19.1 Å². The maximum atomic E-state index is 10.5. The van der Waals surface area contributed by atoms with Gasteiger partial charge in [-0.3, -0.25) is 4.79 Å². The smallest absolute Gasteiger partial charge is 0.160 e. The number of carbonyl (C=O) groups is 1. The summed E-state index contributed by atoms with van der Waals surface area (Å²) in [7, 11) is 0. The molecule has 0 N–H and O–H groups in total. The molecule has 0 saturated carbocycles. The van der Waals surface area contributed by atoms with Gasteiger partial charge in [-0.2, -0.15) is 0 Å². The van der Waals surface area contributed by atoms with Crippen LogP contribution in [0.5, 0.6) is 5.75 Å². The van der Waals surface area contributed by atoms with Gasteiger partial charge in [-0.25, -0.2) is 0 Å². The molecule has 1 rings (SSSR count). The molecule has 0 saturated heterocycles. The highest BCUT2D eigenvalue weighted by atomic mass is 16.5. The van der Waals surface area contributed by atoms with Crippen LogP contribution in [0.15, 0.2) is 24.3 Å². The van der Waals surface area contributed by atoms with Gasteiger partial charge in [0.15, 0.2) is 12.4 Å². The van der Waals surface area contributed by atoms with E-state index in [0.717, 1.165) is 17.6 Å². The average molecular weight is 178 g/mol. The topological polar surface area (TPSA) is 26.3 Å². The summed E-state index contributed by atoms with van der Waals surface area (Å²) in [5, 5.41) is 0. The first-order chi connectivity index (χ1) is 6.26. The molecule has 0 radical (unpaired) electrons.